The molecule has 0 aliphatic rings. The number of Topliss-reactive ketones (excluding diaryl/α,β-unsaturated/α-hetero) is 1. The Morgan fingerprint density at radius 2 is 1.61 bits per heavy atom. The highest BCUT2D eigenvalue weighted by Crippen LogP contribution is 2.23. The molecule has 0 fully saturated rings. The van der Waals surface area contributed by atoms with E-state index in [-0.39, 0.29) is 16.2 Å². The zero-order valence-corrected chi connectivity index (χ0v) is 13.4. The molecular weight excluding hydrogens is 318 g/mol. The van der Waals surface area contributed by atoms with Crippen molar-refractivity contribution in [3.63, 3.8) is 0 Å². The Morgan fingerprint density at radius 1 is 1.00 bits per heavy atom. The molecule has 7 heteroatoms. The summed E-state index contributed by atoms with van der Waals surface area (Å²) in [5, 5.41) is 8.97. The van der Waals surface area contributed by atoms with E-state index >= 15 is 0 Å². The molecule has 1 N–H and O–H groups in total. The summed E-state index contributed by atoms with van der Waals surface area (Å²) < 4.78 is 26.2. The van der Waals surface area contributed by atoms with Crippen LogP contribution in [0, 0.1) is 0 Å². The van der Waals surface area contributed by atoms with Crippen molar-refractivity contribution in [1.82, 2.24) is 0 Å². The van der Waals surface area contributed by atoms with E-state index in [4.69, 9.17) is 5.11 Å². The summed E-state index contributed by atoms with van der Waals surface area (Å²) in [5.41, 5.74) is 0.745. The van der Waals surface area contributed by atoms with Crippen LogP contribution >= 0.6 is 0 Å². The fourth-order valence-electron chi connectivity index (χ4n) is 1.99. The van der Waals surface area contributed by atoms with Crippen molar-refractivity contribution in [3.05, 3.63) is 59.7 Å². The van der Waals surface area contributed by atoms with Crippen molar-refractivity contribution in [2.45, 2.75) is 11.8 Å². The molecule has 0 aromatic heterocycles. The Hall–Kier alpha value is -2.67. The summed E-state index contributed by atoms with van der Waals surface area (Å²) >= 11 is 0. The Balaban J connectivity index is 2.40. The average molecular weight is 333 g/mol. The van der Waals surface area contributed by atoms with Crippen LogP contribution in [0.1, 0.15) is 27.6 Å². The Kier molecular flexibility index (Phi) is 4.51. The monoisotopic (exact) mass is 333 g/mol. The van der Waals surface area contributed by atoms with Gasteiger partial charge in [-0.1, -0.05) is 6.07 Å². The van der Waals surface area contributed by atoms with Crippen molar-refractivity contribution in [2.75, 3.05) is 11.4 Å². The number of carboxylic acids is 1. The molecule has 0 bridgehead atoms. The van der Waals surface area contributed by atoms with Gasteiger partial charge in [-0.25, -0.2) is 13.2 Å². The number of aromatic carboxylic acids is 1. The molecule has 120 valence electrons. The number of carboxylic acid groups (broad SMARTS) is 1. The number of rotatable bonds is 5. The summed E-state index contributed by atoms with van der Waals surface area (Å²) in [5.74, 6) is -1.31. The molecule has 23 heavy (non-hydrogen) atoms. The summed E-state index contributed by atoms with van der Waals surface area (Å²) in [4.78, 5) is 22.1. The lowest BCUT2D eigenvalue weighted by Gasteiger charge is -2.20. The molecule has 0 saturated heterocycles. The van der Waals surface area contributed by atoms with Crippen LogP contribution in [0.25, 0.3) is 0 Å². The van der Waals surface area contributed by atoms with Crippen molar-refractivity contribution >= 4 is 27.5 Å². The van der Waals surface area contributed by atoms with Crippen LogP contribution < -0.4 is 4.31 Å². The maximum Gasteiger partial charge on any atom is 0.335 e. The minimum Gasteiger partial charge on any atom is -0.478 e. The minimum absolute atomic E-state index is 0.105. The second kappa shape index (κ2) is 6.21. The molecule has 2 rings (SSSR count). The molecule has 0 atom stereocenters. The lowest BCUT2D eigenvalue weighted by atomic mass is 10.1. The second-order valence-electron chi connectivity index (χ2n) is 4.91. The van der Waals surface area contributed by atoms with Crippen LogP contribution in [0.15, 0.2) is 53.4 Å². The number of carbonyl (C=O) groups excluding carboxylic acids is 1. The van der Waals surface area contributed by atoms with Crippen LogP contribution in [0.2, 0.25) is 0 Å². The first-order chi connectivity index (χ1) is 10.7. The highest BCUT2D eigenvalue weighted by atomic mass is 32.2. The number of carbonyl (C=O) groups is 2. The van der Waals surface area contributed by atoms with Gasteiger partial charge in [-0.3, -0.25) is 9.10 Å². The molecule has 0 spiro atoms. The lowest BCUT2D eigenvalue weighted by molar-refractivity contribution is 0.0696. The molecule has 0 amide bonds. The van der Waals surface area contributed by atoms with Crippen LogP contribution in [0.4, 0.5) is 5.69 Å². The lowest BCUT2D eigenvalue weighted by Crippen LogP contribution is -2.26. The van der Waals surface area contributed by atoms with E-state index in [0.29, 0.717) is 11.3 Å². The van der Waals surface area contributed by atoms with Crippen molar-refractivity contribution < 1.29 is 23.1 Å². The third-order valence-electron chi connectivity index (χ3n) is 3.38. The van der Waals surface area contributed by atoms with Gasteiger partial charge in [-0.05, 0) is 49.4 Å². The average Bonchev–Trinajstić information content (AvgIpc) is 2.54. The first kappa shape index (κ1) is 16.7. The number of benzene rings is 2. The number of hydrogen-bond acceptors (Lipinski definition) is 4. The SMILES string of the molecule is CC(=O)c1ccc(N(C)S(=O)(=O)c2cccc(C(=O)O)c2)cc1. The van der Waals surface area contributed by atoms with Crippen LogP contribution in [0.3, 0.4) is 0 Å². The molecule has 0 unspecified atom stereocenters. The first-order valence-electron chi connectivity index (χ1n) is 6.67. The van der Waals surface area contributed by atoms with E-state index in [1.807, 2.05) is 0 Å². The van der Waals surface area contributed by atoms with Gasteiger partial charge in [0.05, 0.1) is 16.1 Å². The summed E-state index contributed by atoms with van der Waals surface area (Å²) in [6.07, 6.45) is 0. The van der Waals surface area contributed by atoms with Gasteiger partial charge in [0, 0.05) is 12.6 Å². The maximum absolute atomic E-state index is 12.6. The van der Waals surface area contributed by atoms with Gasteiger partial charge in [0.1, 0.15) is 0 Å². The predicted octanol–water partition coefficient (Wildman–Crippen LogP) is 2.41. The number of anilines is 1. The smallest absolute Gasteiger partial charge is 0.335 e. The van der Waals surface area contributed by atoms with Gasteiger partial charge >= 0.3 is 5.97 Å². The van der Waals surface area contributed by atoms with E-state index in [0.717, 1.165) is 10.4 Å². The van der Waals surface area contributed by atoms with E-state index in [9.17, 15) is 18.0 Å². The van der Waals surface area contributed by atoms with Gasteiger partial charge in [-0.15, -0.1) is 0 Å². The standard InChI is InChI=1S/C16H15NO5S/c1-11(18)12-6-8-14(9-7-12)17(2)23(21,22)15-5-3-4-13(10-15)16(19)20/h3-10H,1-2H3,(H,19,20). The van der Waals surface area contributed by atoms with Crippen molar-refractivity contribution in [2.24, 2.45) is 0 Å². The molecule has 0 aliphatic heterocycles. The zero-order chi connectivity index (χ0) is 17.2. The third kappa shape index (κ3) is 3.40. The van der Waals surface area contributed by atoms with E-state index < -0.39 is 16.0 Å². The molecule has 2 aromatic rings. The third-order valence-corrected chi connectivity index (χ3v) is 5.16. The number of nitrogens with zero attached hydrogens (tertiary/aromatic N) is 1. The normalized spacial score (nSPS) is 11.0. The molecule has 6 nitrogen and oxygen atoms in total. The molecule has 0 heterocycles. The van der Waals surface area contributed by atoms with Gasteiger partial charge in [-0.2, -0.15) is 0 Å². The van der Waals surface area contributed by atoms with Crippen molar-refractivity contribution in [3.8, 4) is 0 Å². The maximum atomic E-state index is 12.6. The zero-order valence-electron chi connectivity index (χ0n) is 12.6. The summed E-state index contributed by atoms with van der Waals surface area (Å²) in [6, 6.07) is 11.3. The topological polar surface area (TPSA) is 91.8 Å². The van der Waals surface area contributed by atoms with E-state index in [1.54, 1.807) is 0 Å². The Bertz CT molecular complexity index is 856. The summed E-state index contributed by atoms with van der Waals surface area (Å²) in [6.45, 7) is 1.42. The van der Waals surface area contributed by atoms with Gasteiger partial charge in [0.2, 0.25) is 0 Å². The second-order valence-corrected chi connectivity index (χ2v) is 6.88. The molecule has 0 aliphatic carbocycles. The quantitative estimate of drug-likeness (QED) is 0.848. The minimum atomic E-state index is -3.90. The van der Waals surface area contributed by atoms with Crippen LogP contribution in [-0.2, 0) is 10.0 Å². The van der Waals surface area contributed by atoms with E-state index in [1.165, 1.54) is 56.4 Å². The number of ketones is 1. The van der Waals surface area contributed by atoms with Gasteiger partial charge < -0.3 is 5.11 Å². The highest BCUT2D eigenvalue weighted by molar-refractivity contribution is 7.92. The first-order valence-corrected chi connectivity index (χ1v) is 8.11. The number of sulfonamides is 1. The van der Waals surface area contributed by atoms with Crippen molar-refractivity contribution in [1.29, 1.82) is 0 Å². The Labute approximate surface area is 134 Å². The molecular formula is C16H15NO5S. The van der Waals surface area contributed by atoms with Crippen LogP contribution in [-0.4, -0.2) is 32.3 Å². The summed E-state index contributed by atoms with van der Waals surface area (Å²) in [7, 11) is -2.53. The molecule has 2 aromatic carbocycles. The largest absolute Gasteiger partial charge is 0.478 e. The van der Waals surface area contributed by atoms with E-state index in [2.05, 4.69) is 0 Å². The predicted molar refractivity (Wildman–Crippen MR) is 85.4 cm³/mol. The molecule has 0 radical (unpaired) electrons. The fraction of sp³-hybridized carbons (Fsp3) is 0.125. The highest BCUT2D eigenvalue weighted by Gasteiger charge is 2.22. The van der Waals surface area contributed by atoms with Crippen LogP contribution in [0.5, 0.6) is 0 Å². The number of hydrogen-bond donors (Lipinski definition) is 1. The molecule has 0 saturated carbocycles. The van der Waals surface area contributed by atoms with Gasteiger partial charge in [0.15, 0.2) is 5.78 Å². The van der Waals surface area contributed by atoms with Gasteiger partial charge in [0.25, 0.3) is 10.0 Å². The Morgan fingerprint density at radius 3 is 2.13 bits per heavy atom. The fourth-order valence-corrected chi connectivity index (χ4v) is 3.23.